The molecule has 174 valence electrons. The highest BCUT2D eigenvalue weighted by Gasteiger charge is 2.30. The molecule has 1 heterocycles. The second-order valence-corrected chi connectivity index (χ2v) is 11.3. The van der Waals surface area contributed by atoms with Crippen molar-refractivity contribution in [2.75, 3.05) is 47.3 Å². The van der Waals surface area contributed by atoms with E-state index < -0.39 is 10.0 Å². The lowest BCUT2D eigenvalue weighted by Gasteiger charge is -2.33. The van der Waals surface area contributed by atoms with Gasteiger partial charge in [-0.25, -0.2) is 13.1 Å². The van der Waals surface area contributed by atoms with Crippen molar-refractivity contribution < 1.29 is 18.0 Å². The summed E-state index contributed by atoms with van der Waals surface area (Å²) in [7, 11) is 1.64. The summed E-state index contributed by atoms with van der Waals surface area (Å²) < 4.78 is 26.3. The molecule has 1 saturated heterocycles. The number of rotatable bonds is 8. The monoisotopic (exact) mass is 472 g/mol. The molecule has 0 radical (unpaired) electrons. The molecule has 1 aliphatic rings. The van der Waals surface area contributed by atoms with E-state index in [2.05, 4.69) is 28.8 Å². The van der Waals surface area contributed by atoms with Crippen molar-refractivity contribution in [3.8, 4) is 0 Å². The van der Waals surface area contributed by atoms with Gasteiger partial charge in [-0.1, -0.05) is 25.4 Å². The Hall–Kier alpha value is -1.68. The van der Waals surface area contributed by atoms with E-state index in [1.165, 1.54) is 25.2 Å². The minimum absolute atomic E-state index is 0.0130. The number of carbonyl (C=O) groups is 2. The first kappa shape index (κ1) is 25.6. The molecule has 1 aromatic rings. The number of likely N-dealkylation sites (tertiary alicyclic amines) is 1. The lowest BCUT2D eigenvalue weighted by molar-refractivity contribution is -0.126. The molecule has 2 amide bonds. The average Bonchev–Trinajstić information content (AvgIpc) is 2.71. The van der Waals surface area contributed by atoms with Crippen LogP contribution in [-0.2, 0) is 14.8 Å². The zero-order valence-electron chi connectivity index (χ0n) is 18.9. The molecule has 0 bridgehead atoms. The number of nitrogens with zero attached hydrogens (tertiary/aromatic N) is 2. The summed E-state index contributed by atoms with van der Waals surface area (Å²) in [6, 6.07) is 4.07. The third kappa shape index (κ3) is 6.90. The van der Waals surface area contributed by atoms with Gasteiger partial charge in [0.2, 0.25) is 15.9 Å². The molecular weight excluding hydrogens is 440 g/mol. The van der Waals surface area contributed by atoms with Gasteiger partial charge < -0.3 is 15.1 Å². The van der Waals surface area contributed by atoms with Crippen molar-refractivity contribution in [2.24, 2.45) is 11.3 Å². The summed E-state index contributed by atoms with van der Waals surface area (Å²) in [4.78, 5) is 29.2. The molecule has 0 spiro atoms. The Morgan fingerprint density at radius 3 is 2.39 bits per heavy atom. The van der Waals surface area contributed by atoms with Crippen LogP contribution in [0.4, 0.5) is 0 Å². The van der Waals surface area contributed by atoms with Crippen LogP contribution in [0.3, 0.4) is 0 Å². The molecule has 0 aromatic heterocycles. The molecule has 1 aliphatic heterocycles. The van der Waals surface area contributed by atoms with Gasteiger partial charge in [-0.2, -0.15) is 0 Å². The molecule has 10 heteroatoms. The molecule has 0 aliphatic carbocycles. The number of amides is 2. The Morgan fingerprint density at radius 1 is 1.23 bits per heavy atom. The number of sulfonamides is 1. The van der Waals surface area contributed by atoms with Crippen LogP contribution < -0.4 is 10.0 Å². The van der Waals surface area contributed by atoms with E-state index in [1.807, 2.05) is 14.1 Å². The van der Waals surface area contributed by atoms with Crippen LogP contribution in [0, 0.1) is 11.3 Å². The van der Waals surface area contributed by atoms with Crippen LogP contribution in [0.15, 0.2) is 23.1 Å². The number of nitrogens with one attached hydrogen (secondary N) is 2. The number of hydrogen-bond donors (Lipinski definition) is 2. The van der Waals surface area contributed by atoms with E-state index in [-0.39, 0.29) is 38.6 Å². The van der Waals surface area contributed by atoms with Crippen LogP contribution in [0.5, 0.6) is 0 Å². The maximum Gasteiger partial charge on any atom is 0.255 e. The zero-order valence-corrected chi connectivity index (χ0v) is 20.4. The van der Waals surface area contributed by atoms with Gasteiger partial charge >= 0.3 is 0 Å². The van der Waals surface area contributed by atoms with Gasteiger partial charge in [0.25, 0.3) is 5.91 Å². The Bertz CT molecular complexity index is 910. The fourth-order valence-electron chi connectivity index (χ4n) is 3.85. The molecule has 1 fully saturated rings. The Labute approximate surface area is 190 Å². The van der Waals surface area contributed by atoms with E-state index >= 15 is 0 Å². The first-order valence-electron chi connectivity index (χ1n) is 10.3. The quantitative estimate of drug-likeness (QED) is 0.601. The van der Waals surface area contributed by atoms with E-state index in [0.29, 0.717) is 32.5 Å². The standard InChI is InChI=1S/C21H33ClN4O4S/c1-21(2,14-25(4)5)13-24-19(27)15-8-10-26(11-9-15)20(28)17-12-16(6-7-18(17)22)31(29,30)23-3/h6-7,12,15,23H,8-11,13-14H2,1-5H3,(H,24,27). The first-order chi connectivity index (χ1) is 14.4. The average molecular weight is 473 g/mol. The summed E-state index contributed by atoms with van der Waals surface area (Å²) in [5.41, 5.74) is 0.108. The number of benzene rings is 1. The van der Waals surface area contributed by atoms with Crippen molar-refractivity contribution in [2.45, 2.75) is 31.6 Å². The Balaban J connectivity index is 1.98. The molecule has 0 unspecified atom stereocenters. The maximum atomic E-state index is 12.9. The summed E-state index contributed by atoms with van der Waals surface area (Å²) in [6.07, 6.45) is 1.11. The first-order valence-corrected chi connectivity index (χ1v) is 12.2. The Kier molecular flexibility index (Phi) is 8.49. The predicted molar refractivity (Wildman–Crippen MR) is 122 cm³/mol. The van der Waals surface area contributed by atoms with Gasteiger partial charge in [-0.15, -0.1) is 0 Å². The predicted octanol–water partition coefficient (Wildman–Crippen LogP) is 1.80. The fourth-order valence-corrected chi connectivity index (χ4v) is 4.81. The van der Waals surface area contributed by atoms with Crippen molar-refractivity contribution in [1.29, 1.82) is 0 Å². The Morgan fingerprint density at radius 2 is 1.84 bits per heavy atom. The van der Waals surface area contributed by atoms with Crippen molar-refractivity contribution in [1.82, 2.24) is 19.8 Å². The second-order valence-electron chi connectivity index (χ2n) is 9.04. The molecule has 31 heavy (non-hydrogen) atoms. The van der Waals surface area contributed by atoms with E-state index in [4.69, 9.17) is 11.6 Å². The topological polar surface area (TPSA) is 98.8 Å². The smallest absolute Gasteiger partial charge is 0.255 e. The van der Waals surface area contributed by atoms with Gasteiger partial charge in [0.1, 0.15) is 0 Å². The van der Waals surface area contributed by atoms with Gasteiger partial charge in [0, 0.05) is 32.1 Å². The van der Waals surface area contributed by atoms with E-state index in [0.717, 1.165) is 6.54 Å². The van der Waals surface area contributed by atoms with Gasteiger partial charge in [-0.05, 0) is 57.6 Å². The van der Waals surface area contributed by atoms with E-state index in [9.17, 15) is 18.0 Å². The lowest BCUT2D eigenvalue weighted by Crippen LogP contribution is -2.46. The van der Waals surface area contributed by atoms with Crippen molar-refractivity contribution in [3.63, 3.8) is 0 Å². The lowest BCUT2D eigenvalue weighted by atomic mass is 9.91. The van der Waals surface area contributed by atoms with Crippen LogP contribution in [0.25, 0.3) is 0 Å². The van der Waals surface area contributed by atoms with Gasteiger partial charge in [-0.3, -0.25) is 9.59 Å². The minimum atomic E-state index is -3.68. The largest absolute Gasteiger partial charge is 0.355 e. The normalized spacial score (nSPS) is 15.9. The minimum Gasteiger partial charge on any atom is -0.355 e. The van der Waals surface area contributed by atoms with Gasteiger partial charge in [0.05, 0.1) is 15.5 Å². The summed E-state index contributed by atoms with van der Waals surface area (Å²) in [6.45, 7) is 6.50. The van der Waals surface area contributed by atoms with Crippen LogP contribution >= 0.6 is 11.6 Å². The van der Waals surface area contributed by atoms with Gasteiger partial charge in [0.15, 0.2) is 0 Å². The van der Waals surface area contributed by atoms with Crippen molar-refractivity contribution in [3.05, 3.63) is 28.8 Å². The second kappa shape index (κ2) is 10.3. The molecular formula is C21H33ClN4O4S. The number of carbonyl (C=O) groups excluding carboxylic acids is 2. The molecule has 2 N–H and O–H groups in total. The number of halogens is 1. The van der Waals surface area contributed by atoms with Crippen LogP contribution in [-0.4, -0.2) is 77.4 Å². The number of hydrogen-bond acceptors (Lipinski definition) is 5. The van der Waals surface area contributed by atoms with E-state index in [1.54, 1.807) is 4.90 Å². The maximum absolute atomic E-state index is 12.9. The molecule has 2 rings (SSSR count). The fraction of sp³-hybridized carbons (Fsp3) is 0.619. The highest BCUT2D eigenvalue weighted by Crippen LogP contribution is 2.25. The summed E-state index contributed by atoms with van der Waals surface area (Å²) in [5.74, 6) is -0.464. The third-order valence-corrected chi connectivity index (χ3v) is 7.13. The molecule has 0 atom stereocenters. The van der Waals surface area contributed by atoms with Crippen LogP contribution in [0.1, 0.15) is 37.0 Å². The zero-order chi connectivity index (χ0) is 23.4. The molecule has 1 aromatic carbocycles. The highest BCUT2D eigenvalue weighted by atomic mass is 35.5. The van der Waals surface area contributed by atoms with Crippen molar-refractivity contribution >= 4 is 33.4 Å². The number of piperidine rings is 1. The third-order valence-electron chi connectivity index (χ3n) is 5.39. The van der Waals surface area contributed by atoms with Crippen LogP contribution in [0.2, 0.25) is 5.02 Å². The summed E-state index contributed by atoms with van der Waals surface area (Å²) in [5, 5.41) is 3.25. The SMILES string of the molecule is CNS(=O)(=O)c1ccc(Cl)c(C(=O)N2CCC(C(=O)NCC(C)(C)CN(C)C)CC2)c1. The molecule has 0 saturated carbocycles. The molecule has 8 nitrogen and oxygen atoms in total. The highest BCUT2D eigenvalue weighted by molar-refractivity contribution is 7.89. The summed E-state index contributed by atoms with van der Waals surface area (Å²) >= 11 is 6.17.